The van der Waals surface area contributed by atoms with Crippen molar-refractivity contribution in [2.75, 3.05) is 0 Å². The van der Waals surface area contributed by atoms with Gasteiger partial charge in [0.25, 0.3) is 5.69 Å². The Labute approximate surface area is 110 Å². The number of aliphatic imine (C=N–C) groups is 2. The number of hydrogen-bond donors (Lipinski definition) is 3. The lowest BCUT2D eigenvalue weighted by molar-refractivity contribution is -0.385. The number of guanidine groups is 2. The van der Waals surface area contributed by atoms with Crippen LogP contribution in [0.1, 0.15) is 0 Å². The molecule has 0 unspecified atom stereocenters. The van der Waals surface area contributed by atoms with Crippen LogP contribution in [-0.4, -0.2) is 16.8 Å². The fourth-order valence-electron chi connectivity index (χ4n) is 1.00. The summed E-state index contributed by atoms with van der Waals surface area (Å²) in [5.41, 5.74) is 15.9. The van der Waals surface area contributed by atoms with Gasteiger partial charge in [-0.1, -0.05) is 0 Å². The van der Waals surface area contributed by atoms with Crippen molar-refractivity contribution in [3.05, 3.63) is 31.9 Å². The summed E-state index contributed by atoms with van der Waals surface area (Å²) in [6.07, 6.45) is 0. The van der Waals surface area contributed by atoms with Crippen molar-refractivity contribution in [2.45, 2.75) is 0 Å². The highest BCUT2D eigenvalue weighted by molar-refractivity contribution is 14.1. The first-order valence-electron chi connectivity index (χ1n) is 4.28. The van der Waals surface area contributed by atoms with Gasteiger partial charge in [0.1, 0.15) is 0 Å². The highest BCUT2D eigenvalue weighted by Gasteiger charge is 2.11. The molecule has 0 fully saturated rings. The zero-order valence-corrected chi connectivity index (χ0v) is 10.7. The molecule has 0 aliphatic rings. The van der Waals surface area contributed by atoms with Gasteiger partial charge in [-0.2, -0.15) is 4.99 Å². The summed E-state index contributed by atoms with van der Waals surface area (Å²) in [7, 11) is 0. The number of nitro benzene ring substituents is 1. The lowest BCUT2D eigenvalue weighted by Crippen LogP contribution is -2.26. The molecule has 0 saturated carbocycles. The van der Waals surface area contributed by atoms with Gasteiger partial charge in [-0.15, -0.1) is 0 Å². The molecule has 17 heavy (non-hydrogen) atoms. The fourth-order valence-corrected chi connectivity index (χ4v) is 1.53. The zero-order chi connectivity index (χ0) is 13.0. The number of halogens is 1. The molecule has 1 aromatic rings. The minimum Gasteiger partial charge on any atom is -0.370 e. The quantitative estimate of drug-likeness (QED) is 0.233. The van der Waals surface area contributed by atoms with Gasteiger partial charge in [0, 0.05) is 6.07 Å². The van der Waals surface area contributed by atoms with Gasteiger partial charge in [-0.05, 0) is 34.7 Å². The smallest absolute Gasteiger partial charge is 0.284 e. The minimum absolute atomic E-state index is 0.0515. The number of nitrogens with zero attached hydrogens (tertiary/aromatic N) is 3. The molecule has 0 amide bonds. The monoisotopic (exact) mass is 348 g/mol. The fraction of sp³-hybridized carbons (Fsp3) is 0. The van der Waals surface area contributed by atoms with Gasteiger partial charge in [-0.3, -0.25) is 10.1 Å². The molecule has 6 N–H and O–H groups in total. The van der Waals surface area contributed by atoms with Gasteiger partial charge in [0.05, 0.1) is 14.2 Å². The van der Waals surface area contributed by atoms with Crippen molar-refractivity contribution >= 4 is 45.9 Å². The van der Waals surface area contributed by atoms with Crippen LogP contribution in [0.3, 0.4) is 0 Å². The van der Waals surface area contributed by atoms with Crippen molar-refractivity contribution in [2.24, 2.45) is 27.2 Å². The Kier molecular flexibility index (Phi) is 4.20. The van der Waals surface area contributed by atoms with Crippen LogP contribution in [0.15, 0.2) is 28.2 Å². The molecular weight excluding hydrogens is 339 g/mol. The molecular formula is C8H9IN6O2. The molecule has 90 valence electrons. The normalized spacial score (nSPS) is 11.0. The lowest BCUT2D eigenvalue weighted by Gasteiger charge is -1.98. The maximum atomic E-state index is 10.7. The van der Waals surface area contributed by atoms with Crippen LogP contribution in [0.4, 0.5) is 11.4 Å². The van der Waals surface area contributed by atoms with Gasteiger partial charge in [0.2, 0.25) is 5.96 Å². The van der Waals surface area contributed by atoms with E-state index in [1.54, 1.807) is 12.1 Å². The predicted octanol–water partition coefficient (Wildman–Crippen LogP) is 0.419. The molecule has 0 aliphatic carbocycles. The van der Waals surface area contributed by atoms with Crippen molar-refractivity contribution in [1.82, 2.24) is 0 Å². The van der Waals surface area contributed by atoms with E-state index in [4.69, 9.17) is 17.2 Å². The van der Waals surface area contributed by atoms with Crippen LogP contribution in [0.5, 0.6) is 0 Å². The number of nitrogens with two attached hydrogens (primary N) is 3. The summed E-state index contributed by atoms with van der Waals surface area (Å²) >= 11 is 1.86. The second kappa shape index (κ2) is 5.43. The van der Waals surface area contributed by atoms with Gasteiger partial charge >= 0.3 is 0 Å². The first kappa shape index (κ1) is 13.2. The Hall–Kier alpha value is -1.91. The van der Waals surface area contributed by atoms with Crippen molar-refractivity contribution in [3.8, 4) is 0 Å². The van der Waals surface area contributed by atoms with E-state index in [-0.39, 0.29) is 17.6 Å². The van der Waals surface area contributed by atoms with Crippen LogP contribution in [0, 0.1) is 13.7 Å². The minimum atomic E-state index is -0.502. The Bertz CT molecular complexity index is 509. The van der Waals surface area contributed by atoms with Crippen molar-refractivity contribution < 1.29 is 4.92 Å². The number of rotatable bonds is 2. The number of benzene rings is 1. The highest BCUT2D eigenvalue weighted by Crippen LogP contribution is 2.26. The van der Waals surface area contributed by atoms with E-state index >= 15 is 0 Å². The second-order valence-electron chi connectivity index (χ2n) is 2.90. The first-order valence-corrected chi connectivity index (χ1v) is 5.35. The predicted molar refractivity (Wildman–Crippen MR) is 72.9 cm³/mol. The highest BCUT2D eigenvalue weighted by atomic mass is 127. The van der Waals surface area contributed by atoms with Crippen LogP contribution in [0.25, 0.3) is 0 Å². The molecule has 0 aromatic heterocycles. The second-order valence-corrected chi connectivity index (χ2v) is 4.06. The van der Waals surface area contributed by atoms with E-state index in [2.05, 4.69) is 9.98 Å². The van der Waals surface area contributed by atoms with Crippen LogP contribution < -0.4 is 17.2 Å². The first-order chi connectivity index (χ1) is 7.90. The van der Waals surface area contributed by atoms with E-state index < -0.39 is 4.92 Å². The van der Waals surface area contributed by atoms with Crippen molar-refractivity contribution in [3.63, 3.8) is 0 Å². The van der Waals surface area contributed by atoms with Gasteiger partial charge in [0.15, 0.2) is 5.96 Å². The molecule has 1 rings (SSSR count). The third-order valence-electron chi connectivity index (χ3n) is 1.61. The molecule has 0 atom stereocenters. The summed E-state index contributed by atoms with van der Waals surface area (Å²) in [5.74, 6) is -0.397. The van der Waals surface area contributed by atoms with Crippen LogP contribution >= 0.6 is 22.6 Å². The lowest BCUT2D eigenvalue weighted by atomic mass is 10.3. The third kappa shape index (κ3) is 3.86. The van der Waals surface area contributed by atoms with E-state index in [1.807, 2.05) is 22.6 Å². The molecule has 1 aromatic carbocycles. The van der Waals surface area contributed by atoms with Crippen LogP contribution in [0.2, 0.25) is 0 Å². The van der Waals surface area contributed by atoms with Crippen molar-refractivity contribution in [1.29, 1.82) is 0 Å². The standard InChI is InChI=1S/C8H9IN6O2/c9-5-2-1-4(3-6(5)15(16)17)13-8(12)14-7(10)11/h1-3H,(H6,10,11,12,13,14). The summed E-state index contributed by atoms with van der Waals surface area (Å²) < 4.78 is 0.506. The number of hydrogen-bond acceptors (Lipinski definition) is 3. The number of nitro groups is 1. The topological polar surface area (TPSA) is 146 Å². The molecule has 0 radical (unpaired) electrons. The maximum absolute atomic E-state index is 10.7. The SMILES string of the molecule is NC(N)=NC(N)=Nc1ccc(I)c([N+](=O)[O-])c1. The Morgan fingerprint density at radius 2 is 2.00 bits per heavy atom. The Morgan fingerprint density at radius 1 is 1.35 bits per heavy atom. The van der Waals surface area contributed by atoms with Gasteiger partial charge < -0.3 is 17.2 Å². The molecule has 0 bridgehead atoms. The maximum Gasteiger partial charge on any atom is 0.284 e. The molecule has 8 nitrogen and oxygen atoms in total. The largest absolute Gasteiger partial charge is 0.370 e. The Morgan fingerprint density at radius 3 is 2.53 bits per heavy atom. The summed E-state index contributed by atoms with van der Waals surface area (Å²) in [5, 5.41) is 10.7. The van der Waals surface area contributed by atoms with E-state index in [0.717, 1.165) is 0 Å². The summed E-state index contributed by atoms with van der Waals surface area (Å²) in [6.45, 7) is 0. The average Bonchev–Trinajstić information content (AvgIpc) is 2.19. The van der Waals surface area contributed by atoms with Gasteiger partial charge in [-0.25, -0.2) is 4.99 Å². The molecule has 0 spiro atoms. The third-order valence-corrected chi connectivity index (χ3v) is 2.53. The molecule has 0 aliphatic heterocycles. The molecule has 0 heterocycles. The average molecular weight is 348 g/mol. The van der Waals surface area contributed by atoms with E-state index in [1.165, 1.54) is 6.07 Å². The zero-order valence-electron chi connectivity index (χ0n) is 8.50. The van der Waals surface area contributed by atoms with E-state index in [0.29, 0.717) is 9.26 Å². The molecule has 0 saturated heterocycles. The summed E-state index contributed by atoms with van der Waals surface area (Å²) in [4.78, 5) is 17.5. The Balaban J connectivity index is 3.13. The van der Waals surface area contributed by atoms with Crippen LogP contribution in [-0.2, 0) is 0 Å². The van der Waals surface area contributed by atoms with E-state index in [9.17, 15) is 10.1 Å². The molecule has 9 heteroatoms. The summed E-state index contributed by atoms with van der Waals surface area (Å²) in [6, 6.07) is 4.42.